The van der Waals surface area contributed by atoms with Gasteiger partial charge in [-0.1, -0.05) is 19.9 Å². The molecule has 2 N–H and O–H groups in total. The Morgan fingerprint density at radius 3 is 2.65 bits per heavy atom. The van der Waals surface area contributed by atoms with E-state index in [9.17, 15) is 9.59 Å². The van der Waals surface area contributed by atoms with Crippen molar-refractivity contribution in [2.45, 2.75) is 24.8 Å². The molecule has 1 aromatic rings. The van der Waals surface area contributed by atoms with E-state index in [0.717, 1.165) is 10.6 Å². The second-order valence-electron chi connectivity index (χ2n) is 4.60. The molecule has 1 aromatic carbocycles. The van der Waals surface area contributed by atoms with Gasteiger partial charge < -0.3 is 15.2 Å². The van der Waals surface area contributed by atoms with Gasteiger partial charge in [-0.25, -0.2) is 4.79 Å². The summed E-state index contributed by atoms with van der Waals surface area (Å²) in [5.41, 5.74) is 0. The van der Waals surface area contributed by atoms with Gasteiger partial charge in [0.15, 0.2) is 0 Å². The molecule has 0 spiro atoms. The quantitative estimate of drug-likeness (QED) is 0.753. The maximum absolute atomic E-state index is 11.8. The van der Waals surface area contributed by atoms with Crippen LogP contribution in [0.1, 0.15) is 13.8 Å². The van der Waals surface area contributed by atoms with Crippen molar-refractivity contribution in [2.24, 2.45) is 5.92 Å². The Labute approximate surface area is 122 Å². The molecule has 0 radical (unpaired) electrons. The predicted molar refractivity (Wildman–Crippen MR) is 78.1 cm³/mol. The number of carbonyl (C=O) groups is 2. The van der Waals surface area contributed by atoms with Crippen LogP contribution in [0.4, 0.5) is 0 Å². The summed E-state index contributed by atoms with van der Waals surface area (Å²) in [6, 6.07) is 6.51. The van der Waals surface area contributed by atoms with Crippen molar-refractivity contribution in [3.05, 3.63) is 24.3 Å². The van der Waals surface area contributed by atoms with Gasteiger partial charge in [-0.15, -0.1) is 11.8 Å². The van der Waals surface area contributed by atoms with Crippen LogP contribution in [0, 0.1) is 5.92 Å². The first kappa shape index (κ1) is 16.4. The fourth-order valence-electron chi connectivity index (χ4n) is 1.57. The average molecular weight is 297 g/mol. The summed E-state index contributed by atoms with van der Waals surface area (Å²) in [4.78, 5) is 23.7. The largest absolute Gasteiger partial charge is 0.497 e. The average Bonchev–Trinajstić information content (AvgIpc) is 2.42. The molecule has 20 heavy (non-hydrogen) atoms. The summed E-state index contributed by atoms with van der Waals surface area (Å²) in [5, 5.41) is 11.5. The van der Waals surface area contributed by atoms with Gasteiger partial charge in [0.25, 0.3) is 0 Å². The van der Waals surface area contributed by atoms with E-state index in [1.165, 1.54) is 11.8 Å². The van der Waals surface area contributed by atoms with Crippen LogP contribution in [0.3, 0.4) is 0 Å². The Hall–Kier alpha value is -1.69. The van der Waals surface area contributed by atoms with Crippen molar-refractivity contribution in [2.75, 3.05) is 12.9 Å². The lowest BCUT2D eigenvalue weighted by molar-refractivity contribution is -0.142. The minimum Gasteiger partial charge on any atom is -0.497 e. The highest BCUT2D eigenvalue weighted by molar-refractivity contribution is 8.00. The van der Waals surface area contributed by atoms with Crippen molar-refractivity contribution < 1.29 is 19.4 Å². The maximum Gasteiger partial charge on any atom is 0.326 e. The monoisotopic (exact) mass is 297 g/mol. The second-order valence-corrected chi connectivity index (χ2v) is 5.64. The number of carboxylic acids is 1. The van der Waals surface area contributed by atoms with Crippen molar-refractivity contribution in [1.82, 2.24) is 5.32 Å². The van der Waals surface area contributed by atoms with Crippen LogP contribution in [-0.4, -0.2) is 35.9 Å². The Bertz CT molecular complexity index is 476. The van der Waals surface area contributed by atoms with E-state index in [-0.39, 0.29) is 17.6 Å². The smallest absolute Gasteiger partial charge is 0.326 e. The van der Waals surface area contributed by atoms with Gasteiger partial charge in [-0.05, 0) is 24.1 Å². The number of hydrogen-bond acceptors (Lipinski definition) is 4. The zero-order chi connectivity index (χ0) is 15.1. The van der Waals surface area contributed by atoms with Crippen molar-refractivity contribution in [1.29, 1.82) is 0 Å². The molecule has 1 amide bonds. The lowest BCUT2D eigenvalue weighted by Crippen LogP contribution is -2.45. The van der Waals surface area contributed by atoms with E-state index >= 15 is 0 Å². The van der Waals surface area contributed by atoms with Crippen molar-refractivity contribution >= 4 is 23.6 Å². The normalized spacial score (nSPS) is 12.0. The fourth-order valence-corrected chi connectivity index (χ4v) is 2.32. The van der Waals surface area contributed by atoms with Gasteiger partial charge in [-0.2, -0.15) is 0 Å². The molecule has 0 aromatic heterocycles. The number of benzene rings is 1. The fraction of sp³-hybridized carbons (Fsp3) is 0.429. The molecule has 0 saturated carbocycles. The van der Waals surface area contributed by atoms with Gasteiger partial charge in [0.1, 0.15) is 11.8 Å². The molecule has 0 aliphatic rings. The molecule has 6 heteroatoms. The first-order valence-corrected chi connectivity index (χ1v) is 7.21. The predicted octanol–water partition coefficient (Wildman–Crippen LogP) is 2.01. The first-order valence-electron chi connectivity index (χ1n) is 6.23. The van der Waals surface area contributed by atoms with Crippen molar-refractivity contribution in [3.63, 3.8) is 0 Å². The van der Waals surface area contributed by atoms with Crippen LogP contribution in [0.25, 0.3) is 0 Å². The second kappa shape index (κ2) is 7.79. The molecule has 1 atom stereocenters. The van der Waals surface area contributed by atoms with E-state index in [2.05, 4.69) is 5.32 Å². The Balaban J connectivity index is 2.52. The Morgan fingerprint density at radius 2 is 2.10 bits per heavy atom. The van der Waals surface area contributed by atoms with Gasteiger partial charge >= 0.3 is 5.97 Å². The summed E-state index contributed by atoms with van der Waals surface area (Å²) in [6.45, 7) is 3.52. The van der Waals surface area contributed by atoms with Gasteiger partial charge in [0, 0.05) is 4.90 Å². The number of thioether (sulfide) groups is 1. The summed E-state index contributed by atoms with van der Waals surface area (Å²) >= 11 is 1.34. The van der Waals surface area contributed by atoms with E-state index in [1.807, 2.05) is 24.3 Å². The van der Waals surface area contributed by atoms with Crippen LogP contribution < -0.4 is 10.1 Å². The highest BCUT2D eigenvalue weighted by Crippen LogP contribution is 2.22. The number of carbonyl (C=O) groups excluding carboxylic acids is 1. The van der Waals surface area contributed by atoms with Crippen molar-refractivity contribution in [3.8, 4) is 5.75 Å². The standard InChI is InChI=1S/C14H19NO4S/c1-9(2)13(14(17)18)15-12(16)8-20-11-6-4-5-10(7-11)19-3/h4-7,9,13H,8H2,1-3H3,(H,15,16)(H,17,18)/t13-/m0/s1. The van der Waals surface area contributed by atoms with Gasteiger partial charge in [0.2, 0.25) is 5.91 Å². The molecule has 0 unspecified atom stereocenters. The van der Waals surface area contributed by atoms with Crippen LogP contribution in [-0.2, 0) is 9.59 Å². The minimum absolute atomic E-state index is 0.154. The van der Waals surface area contributed by atoms with Crippen LogP contribution >= 0.6 is 11.8 Å². The molecule has 0 fully saturated rings. The Kier molecular flexibility index (Phi) is 6.38. The molecular weight excluding hydrogens is 278 g/mol. The number of methoxy groups -OCH3 is 1. The lowest BCUT2D eigenvalue weighted by atomic mass is 10.1. The summed E-state index contributed by atoms with van der Waals surface area (Å²) < 4.78 is 5.10. The lowest BCUT2D eigenvalue weighted by Gasteiger charge is -2.17. The molecule has 1 rings (SSSR count). The highest BCUT2D eigenvalue weighted by atomic mass is 32.2. The van der Waals surface area contributed by atoms with Gasteiger partial charge in [0.05, 0.1) is 12.9 Å². The molecule has 0 saturated heterocycles. The minimum atomic E-state index is -1.01. The topological polar surface area (TPSA) is 75.6 Å². The van der Waals surface area contributed by atoms with E-state index in [0.29, 0.717) is 0 Å². The van der Waals surface area contributed by atoms with E-state index < -0.39 is 12.0 Å². The van der Waals surface area contributed by atoms with E-state index in [1.54, 1.807) is 21.0 Å². The van der Waals surface area contributed by atoms with Gasteiger partial charge in [-0.3, -0.25) is 4.79 Å². The Morgan fingerprint density at radius 1 is 1.40 bits per heavy atom. The molecule has 110 valence electrons. The number of aliphatic carboxylic acids is 1. The number of nitrogens with one attached hydrogen (secondary N) is 1. The number of hydrogen-bond donors (Lipinski definition) is 2. The summed E-state index contributed by atoms with van der Waals surface area (Å²) in [7, 11) is 1.58. The SMILES string of the molecule is COc1cccc(SCC(=O)N[C@H](C(=O)O)C(C)C)c1. The molecule has 0 heterocycles. The molecule has 0 aliphatic carbocycles. The highest BCUT2D eigenvalue weighted by Gasteiger charge is 2.23. The maximum atomic E-state index is 11.8. The molecular formula is C14H19NO4S. The van der Waals surface area contributed by atoms with E-state index in [4.69, 9.17) is 9.84 Å². The number of ether oxygens (including phenoxy) is 1. The zero-order valence-electron chi connectivity index (χ0n) is 11.8. The van der Waals surface area contributed by atoms with Crippen LogP contribution in [0.15, 0.2) is 29.2 Å². The zero-order valence-corrected chi connectivity index (χ0v) is 12.6. The van der Waals surface area contributed by atoms with Crippen LogP contribution in [0.5, 0.6) is 5.75 Å². The molecule has 5 nitrogen and oxygen atoms in total. The van der Waals surface area contributed by atoms with Crippen LogP contribution in [0.2, 0.25) is 0 Å². The summed E-state index contributed by atoms with van der Waals surface area (Å²) in [5.74, 6) is -0.568. The third kappa shape index (κ3) is 5.13. The third-order valence-electron chi connectivity index (χ3n) is 2.66. The third-order valence-corrected chi connectivity index (χ3v) is 3.65. The number of amides is 1. The molecule has 0 bridgehead atoms. The number of rotatable bonds is 7. The number of carboxylic acid groups (broad SMARTS) is 1. The summed E-state index contributed by atoms with van der Waals surface area (Å²) in [6.07, 6.45) is 0. The first-order chi connectivity index (χ1) is 9.43. The molecule has 0 aliphatic heterocycles.